The molecule has 1 aromatic carbocycles. The van der Waals surface area contributed by atoms with E-state index < -0.39 is 0 Å². The first-order chi connectivity index (χ1) is 8.47. The van der Waals surface area contributed by atoms with Gasteiger partial charge in [0, 0.05) is 29.7 Å². The minimum absolute atomic E-state index is 0.255. The Morgan fingerprint density at radius 3 is 2.39 bits per heavy atom. The average Bonchev–Trinajstić information content (AvgIpc) is 2.28. The number of rotatable bonds is 7. The molecule has 1 aromatic rings. The van der Waals surface area contributed by atoms with Gasteiger partial charge in [-0.05, 0) is 31.7 Å². The lowest BCUT2D eigenvalue weighted by molar-refractivity contribution is -0.117. The molecule has 0 aliphatic carbocycles. The van der Waals surface area contributed by atoms with E-state index in [0.717, 1.165) is 13.1 Å². The lowest BCUT2D eigenvalue weighted by Gasteiger charge is -2.16. The third-order valence-electron chi connectivity index (χ3n) is 2.59. The Balaban J connectivity index is 2.45. The zero-order valence-corrected chi connectivity index (χ0v) is 12.6. The molecule has 0 unspecified atom stereocenters. The van der Waals surface area contributed by atoms with Gasteiger partial charge >= 0.3 is 0 Å². The lowest BCUT2D eigenvalue weighted by Crippen LogP contribution is -2.20. The summed E-state index contributed by atoms with van der Waals surface area (Å²) in [5, 5.41) is 0.620. The summed E-state index contributed by atoms with van der Waals surface area (Å²) in [6.07, 6.45) is 0.637. The maximum absolute atomic E-state index is 10.9. The SMILES string of the molecule is CC(=O)CCN(C)Cc1ccc(SC(C)C)cc1. The molecule has 1 rings (SSSR count). The van der Waals surface area contributed by atoms with Crippen molar-refractivity contribution in [1.82, 2.24) is 4.90 Å². The van der Waals surface area contributed by atoms with Crippen LogP contribution in [0.25, 0.3) is 0 Å². The first-order valence-corrected chi connectivity index (χ1v) is 7.29. The van der Waals surface area contributed by atoms with Crippen LogP contribution in [0.1, 0.15) is 32.8 Å². The molecule has 0 N–H and O–H groups in total. The van der Waals surface area contributed by atoms with Crippen molar-refractivity contribution in [3.05, 3.63) is 29.8 Å². The van der Waals surface area contributed by atoms with E-state index in [0.29, 0.717) is 11.7 Å². The smallest absolute Gasteiger partial charge is 0.131 e. The van der Waals surface area contributed by atoms with Gasteiger partial charge in [0.2, 0.25) is 0 Å². The van der Waals surface area contributed by atoms with E-state index in [1.165, 1.54) is 10.5 Å². The standard InChI is InChI=1S/C15H23NOS/c1-12(2)18-15-7-5-14(6-8-15)11-16(4)10-9-13(3)17/h5-8,12H,9-11H2,1-4H3. The number of carbonyl (C=O) groups is 1. The molecule has 0 fully saturated rings. The van der Waals surface area contributed by atoms with Crippen LogP contribution in [0.3, 0.4) is 0 Å². The van der Waals surface area contributed by atoms with E-state index in [-0.39, 0.29) is 5.78 Å². The van der Waals surface area contributed by atoms with Crippen LogP contribution < -0.4 is 0 Å². The Morgan fingerprint density at radius 2 is 1.89 bits per heavy atom. The van der Waals surface area contributed by atoms with Crippen LogP contribution in [0.5, 0.6) is 0 Å². The normalized spacial score (nSPS) is 11.2. The largest absolute Gasteiger partial charge is 0.302 e. The van der Waals surface area contributed by atoms with Gasteiger partial charge in [-0.1, -0.05) is 26.0 Å². The number of carbonyl (C=O) groups excluding carboxylic acids is 1. The molecule has 100 valence electrons. The third kappa shape index (κ3) is 6.22. The monoisotopic (exact) mass is 265 g/mol. The minimum atomic E-state index is 0.255. The number of hydrogen-bond donors (Lipinski definition) is 0. The molecule has 0 amide bonds. The van der Waals surface area contributed by atoms with Gasteiger partial charge in [0.1, 0.15) is 5.78 Å². The molecule has 3 heteroatoms. The lowest BCUT2D eigenvalue weighted by atomic mass is 10.2. The van der Waals surface area contributed by atoms with Gasteiger partial charge in [-0.2, -0.15) is 0 Å². The van der Waals surface area contributed by atoms with Crippen LogP contribution in [0, 0.1) is 0 Å². The van der Waals surface area contributed by atoms with Crippen molar-refractivity contribution in [2.24, 2.45) is 0 Å². The zero-order valence-electron chi connectivity index (χ0n) is 11.8. The fraction of sp³-hybridized carbons (Fsp3) is 0.533. The fourth-order valence-electron chi connectivity index (χ4n) is 1.68. The Hall–Kier alpha value is -0.800. The van der Waals surface area contributed by atoms with Crippen molar-refractivity contribution in [3.8, 4) is 0 Å². The predicted molar refractivity (Wildman–Crippen MR) is 79.1 cm³/mol. The van der Waals surface area contributed by atoms with Gasteiger partial charge in [-0.3, -0.25) is 4.79 Å². The van der Waals surface area contributed by atoms with Crippen molar-refractivity contribution in [2.45, 2.75) is 43.9 Å². The van der Waals surface area contributed by atoms with Crippen LogP contribution in [0.15, 0.2) is 29.2 Å². The minimum Gasteiger partial charge on any atom is -0.302 e. The second-order valence-corrected chi connectivity index (χ2v) is 6.65. The molecule has 0 aliphatic rings. The van der Waals surface area contributed by atoms with Crippen molar-refractivity contribution < 1.29 is 4.79 Å². The Bertz CT molecular complexity index is 373. The molecule has 0 aliphatic heterocycles. The first-order valence-electron chi connectivity index (χ1n) is 6.41. The number of nitrogens with zero attached hydrogens (tertiary/aromatic N) is 1. The second kappa shape index (κ2) is 7.59. The highest BCUT2D eigenvalue weighted by Crippen LogP contribution is 2.23. The molecular formula is C15H23NOS. The van der Waals surface area contributed by atoms with E-state index >= 15 is 0 Å². The Morgan fingerprint density at radius 1 is 1.28 bits per heavy atom. The van der Waals surface area contributed by atoms with Gasteiger partial charge in [-0.25, -0.2) is 0 Å². The maximum atomic E-state index is 10.9. The summed E-state index contributed by atoms with van der Waals surface area (Å²) >= 11 is 1.88. The topological polar surface area (TPSA) is 20.3 Å². The maximum Gasteiger partial charge on any atom is 0.131 e. The third-order valence-corrected chi connectivity index (χ3v) is 3.61. The van der Waals surface area contributed by atoms with Crippen molar-refractivity contribution >= 4 is 17.5 Å². The van der Waals surface area contributed by atoms with E-state index in [2.05, 4.69) is 50.1 Å². The van der Waals surface area contributed by atoms with Crippen LogP contribution in [0.2, 0.25) is 0 Å². The zero-order chi connectivity index (χ0) is 13.5. The predicted octanol–water partition coefficient (Wildman–Crippen LogP) is 3.60. The highest BCUT2D eigenvalue weighted by atomic mass is 32.2. The number of hydrogen-bond acceptors (Lipinski definition) is 3. The Labute approximate surface area is 115 Å². The van der Waals surface area contributed by atoms with Gasteiger partial charge in [0.05, 0.1) is 0 Å². The van der Waals surface area contributed by atoms with Crippen molar-refractivity contribution in [1.29, 1.82) is 0 Å². The number of ketones is 1. The van der Waals surface area contributed by atoms with Crippen LogP contribution >= 0.6 is 11.8 Å². The molecule has 0 saturated carbocycles. The first kappa shape index (κ1) is 15.3. The van der Waals surface area contributed by atoms with E-state index in [1.54, 1.807) is 6.92 Å². The number of thioether (sulfide) groups is 1. The summed E-state index contributed by atoms with van der Waals surface area (Å²) in [5.41, 5.74) is 1.30. The van der Waals surface area contributed by atoms with Gasteiger partial charge in [0.25, 0.3) is 0 Å². The van der Waals surface area contributed by atoms with Crippen LogP contribution in [-0.2, 0) is 11.3 Å². The number of benzene rings is 1. The summed E-state index contributed by atoms with van der Waals surface area (Å²) in [4.78, 5) is 14.4. The van der Waals surface area contributed by atoms with Gasteiger partial charge in [-0.15, -0.1) is 11.8 Å². The summed E-state index contributed by atoms with van der Waals surface area (Å²) in [7, 11) is 2.06. The summed E-state index contributed by atoms with van der Waals surface area (Å²) in [6.45, 7) is 7.78. The molecule has 0 spiro atoms. The quantitative estimate of drug-likeness (QED) is 0.703. The highest BCUT2D eigenvalue weighted by molar-refractivity contribution is 7.99. The summed E-state index contributed by atoms with van der Waals surface area (Å²) in [5.74, 6) is 0.255. The molecule has 0 saturated heterocycles. The molecule has 18 heavy (non-hydrogen) atoms. The van der Waals surface area contributed by atoms with E-state index in [4.69, 9.17) is 0 Å². The second-order valence-electron chi connectivity index (χ2n) is 5.00. The van der Waals surface area contributed by atoms with Gasteiger partial charge < -0.3 is 4.90 Å². The van der Waals surface area contributed by atoms with Gasteiger partial charge in [0.15, 0.2) is 0 Å². The van der Waals surface area contributed by atoms with E-state index in [1.807, 2.05) is 11.8 Å². The van der Waals surface area contributed by atoms with Crippen LogP contribution in [-0.4, -0.2) is 29.5 Å². The fourth-order valence-corrected chi connectivity index (χ4v) is 2.52. The molecule has 0 atom stereocenters. The molecule has 0 bridgehead atoms. The van der Waals surface area contributed by atoms with Crippen molar-refractivity contribution in [2.75, 3.05) is 13.6 Å². The van der Waals surface area contributed by atoms with E-state index in [9.17, 15) is 4.79 Å². The Kier molecular flexibility index (Phi) is 6.44. The highest BCUT2D eigenvalue weighted by Gasteiger charge is 2.03. The summed E-state index contributed by atoms with van der Waals surface area (Å²) < 4.78 is 0. The molecule has 0 heterocycles. The summed E-state index contributed by atoms with van der Waals surface area (Å²) in [6, 6.07) is 8.71. The molecular weight excluding hydrogens is 242 g/mol. The average molecular weight is 265 g/mol. The van der Waals surface area contributed by atoms with Crippen LogP contribution in [0.4, 0.5) is 0 Å². The van der Waals surface area contributed by atoms with Crippen molar-refractivity contribution in [3.63, 3.8) is 0 Å². The molecule has 2 nitrogen and oxygen atoms in total. The number of Topliss-reactive ketones (excluding diaryl/α,β-unsaturated/α-hetero) is 1. The molecule has 0 aromatic heterocycles. The molecule has 0 radical (unpaired) electrons.